The summed E-state index contributed by atoms with van der Waals surface area (Å²) >= 11 is 0. The van der Waals surface area contributed by atoms with E-state index < -0.39 is 0 Å². The SMILES string of the molecule is CN1CC[C@]23CCCC[C@H]2[C@H]1Cc1ccc(NC(=O)/C=C/C2CCCCC2)cc13. The molecule has 5 rings (SSSR count). The van der Waals surface area contributed by atoms with Gasteiger partial charge in [0.25, 0.3) is 0 Å². The maximum absolute atomic E-state index is 12.6. The Hall–Kier alpha value is -1.61. The molecule has 1 aliphatic heterocycles. The second-order valence-electron chi connectivity index (χ2n) is 10.1. The molecule has 1 heterocycles. The van der Waals surface area contributed by atoms with Crippen LogP contribution in [0.25, 0.3) is 0 Å². The van der Waals surface area contributed by atoms with Crippen molar-refractivity contribution in [1.82, 2.24) is 4.90 Å². The standard InChI is InChI=1S/C26H36N2O/c1-28-16-15-26-14-6-5-9-22(26)24(28)17-20-11-12-21(18-23(20)26)27-25(29)13-10-19-7-3-2-4-8-19/h10-13,18-19,22,24H,2-9,14-17H2,1H3,(H,27,29)/b13-10+/t22-,24+,26+/m0/s1. The quantitative estimate of drug-likeness (QED) is 0.694. The molecule has 3 nitrogen and oxygen atoms in total. The third-order valence-electron chi connectivity index (χ3n) is 8.55. The molecular formula is C26H36N2O. The number of likely N-dealkylation sites (tertiary alicyclic amines) is 1. The Bertz CT molecular complexity index is 794. The first-order valence-electron chi connectivity index (χ1n) is 12.0. The van der Waals surface area contributed by atoms with Crippen molar-refractivity contribution in [2.75, 3.05) is 18.9 Å². The highest BCUT2D eigenvalue weighted by atomic mass is 16.1. The minimum absolute atomic E-state index is 0.0327. The first-order valence-corrected chi connectivity index (χ1v) is 12.0. The van der Waals surface area contributed by atoms with Crippen molar-refractivity contribution in [3.63, 3.8) is 0 Å². The van der Waals surface area contributed by atoms with E-state index in [0.29, 0.717) is 17.4 Å². The first-order chi connectivity index (χ1) is 14.2. The van der Waals surface area contributed by atoms with Gasteiger partial charge in [0.2, 0.25) is 5.91 Å². The lowest BCUT2D eigenvalue weighted by molar-refractivity contribution is -0.111. The molecule has 0 spiro atoms. The van der Waals surface area contributed by atoms with Gasteiger partial charge in [0, 0.05) is 17.1 Å². The molecular weight excluding hydrogens is 356 g/mol. The molecule has 2 saturated carbocycles. The maximum atomic E-state index is 12.6. The summed E-state index contributed by atoms with van der Waals surface area (Å²) < 4.78 is 0. The molecule has 156 valence electrons. The van der Waals surface area contributed by atoms with Crippen LogP contribution in [0, 0.1) is 11.8 Å². The largest absolute Gasteiger partial charge is 0.323 e. The molecule has 1 amide bonds. The number of carbonyl (C=O) groups is 1. The maximum Gasteiger partial charge on any atom is 0.248 e. The molecule has 1 saturated heterocycles. The molecule has 1 N–H and O–H groups in total. The van der Waals surface area contributed by atoms with Crippen molar-refractivity contribution >= 4 is 11.6 Å². The van der Waals surface area contributed by atoms with Gasteiger partial charge in [0.15, 0.2) is 0 Å². The van der Waals surface area contributed by atoms with E-state index >= 15 is 0 Å². The number of allylic oxidation sites excluding steroid dienone is 1. The van der Waals surface area contributed by atoms with E-state index in [-0.39, 0.29) is 5.91 Å². The molecule has 3 fully saturated rings. The fourth-order valence-electron chi connectivity index (χ4n) is 7.01. The number of piperidine rings is 1. The summed E-state index contributed by atoms with van der Waals surface area (Å²) in [6, 6.07) is 7.46. The zero-order valence-electron chi connectivity index (χ0n) is 18.0. The second-order valence-corrected chi connectivity index (χ2v) is 10.1. The van der Waals surface area contributed by atoms with Crippen LogP contribution in [0.2, 0.25) is 0 Å². The van der Waals surface area contributed by atoms with Crippen LogP contribution >= 0.6 is 0 Å². The smallest absolute Gasteiger partial charge is 0.248 e. The van der Waals surface area contributed by atoms with Gasteiger partial charge in [-0.2, -0.15) is 0 Å². The molecule has 3 atom stereocenters. The Morgan fingerprint density at radius 1 is 1.10 bits per heavy atom. The fourth-order valence-corrected chi connectivity index (χ4v) is 7.01. The zero-order chi connectivity index (χ0) is 19.8. The Kier molecular flexibility index (Phi) is 5.28. The van der Waals surface area contributed by atoms with E-state index in [1.54, 1.807) is 11.6 Å². The summed E-state index contributed by atoms with van der Waals surface area (Å²) in [5.74, 6) is 1.42. The summed E-state index contributed by atoms with van der Waals surface area (Å²) in [5, 5.41) is 3.17. The van der Waals surface area contributed by atoms with E-state index in [4.69, 9.17) is 0 Å². The van der Waals surface area contributed by atoms with Gasteiger partial charge in [0.1, 0.15) is 0 Å². The number of nitrogens with zero attached hydrogens (tertiary/aromatic N) is 1. The van der Waals surface area contributed by atoms with Gasteiger partial charge in [-0.05, 0) is 93.3 Å². The van der Waals surface area contributed by atoms with Crippen LogP contribution in [-0.4, -0.2) is 30.4 Å². The van der Waals surface area contributed by atoms with Crippen LogP contribution in [0.5, 0.6) is 0 Å². The Morgan fingerprint density at radius 2 is 1.93 bits per heavy atom. The van der Waals surface area contributed by atoms with Gasteiger partial charge in [-0.25, -0.2) is 0 Å². The number of carbonyl (C=O) groups excluding carboxylic acids is 1. The third-order valence-corrected chi connectivity index (χ3v) is 8.55. The fraction of sp³-hybridized carbons (Fsp3) is 0.654. The summed E-state index contributed by atoms with van der Waals surface area (Å²) in [7, 11) is 2.32. The summed E-state index contributed by atoms with van der Waals surface area (Å²) in [6.45, 7) is 1.21. The van der Waals surface area contributed by atoms with Crippen molar-refractivity contribution in [1.29, 1.82) is 0 Å². The van der Waals surface area contributed by atoms with Crippen molar-refractivity contribution < 1.29 is 4.79 Å². The highest BCUT2D eigenvalue weighted by molar-refractivity contribution is 5.99. The number of hydrogen-bond donors (Lipinski definition) is 1. The first kappa shape index (κ1) is 19.4. The van der Waals surface area contributed by atoms with Crippen molar-refractivity contribution in [2.45, 2.75) is 82.1 Å². The highest BCUT2D eigenvalue weighted by Crippen LogP contribution is 2.55. The van der Waals surface area contributed by atoms with E-state index in [1.807, 2.05) is 0 Å². The predicted molar refractivity (Wildman–Crippen MR) is 119 cm³/mol. The zero-order valence-corrected chi connectivity index (χ0v) is 18.0. The Morgan fingerprint density at radius 3 is 2.79 bits per heavy atom. The van der Waals surface area contributed by atoms with Crippen LogP contribution in [0.3, 0.4) is 0 Å². The minimum atomic E-state index is 0.0327. The summed E-state index contributed by atoms with van der Waals surface area (Å²) in [6.07, 6.45) is 18.2. The molecule has 0 unspecified atom stereocenters. The van der Waals surface area contributed by atoms with E-state index in [1.165, 1.54) is 82.7 Å². The van der Waals surface area contributed by atoms with Crippen LogP contribution in [0.4, 0.5) is 5.69 Å². The average molecular weight is 393 g/mol. The normalized spacial score (nSPS) is 32.6. The number of hydrogen-bond acceptors (Lipinski definition) is 2. The number of benzene rings is 1. The molecule has 3 heteroatoms. The number of amides is 1. The lowest BCUT2D eigenvalue weighted by Gasteiger charge is -2.58. The van der Waals surface area contributed by atoms with Crippen molar-refractivity contribution in [3.8, 4) is 0 Å². The molecule has 2 bridgehead atoms. The predicted octanol–water partition coefficient (Wildman–Crippen LogP) is 5.45. The van der Waals surface area contributed by atoms with Gasteiger partial charge in [-0.3, -0.25) is 4.79 Å². The molecule has 1 aromatic rings. The number of fused-ring (bicyclic) bond motifs is 1. The minimum Gasteiger partial charge on any atom is -0.323 e. The van der Waals surface area contributed by atoms with Crippen LogP contribution in [0.15, 0.2) is 30.4 Å². The second kappa shape index (κ2) is 7.91. The number of likely N-dealkylation sites (N-methyl/N-ethyl adjacent to an activating group) is 1. The van der Waals surface area contributed by atoms with Gasteiger partial charge >= 0.3 is 0 Å². The Labute approximate surface area is 175 Å². The molecule has 4 aliphatic rings. The molecule has 3 aliphatic carbocycles. The van der Waals surface area contributed by atoms with E-state index in [0.717, 1.165) is 11.6 Å². The van der Waals surface area contributed by atoms with Gasteiger partial charge in [-0.15, -0.1) is 0 Å². The summed E-state index contributed by atoms with van der Waals surface area (Å²) in [5.41, 5.74) is 4.41. The third kappa shape index (κ3) is 3.56. The van der Waals surface area contributed by atoms with Gasteiger partial charge in [0.05, 0.1) is 0 Å². The molecule has 29 heavy (non-hydrogen) atoms. The van der Waals surface area contributed by atoms with E-state index in [9.17, 15) is 4.79 Å². The van der Waals surface area contributed by atoms with Crippen LogP contribution in [-0.2, 0) is 16.6 Å². The number of anilines is 1. The topological polar surface area (TPSA) is 32.3 Å². The van der Waals surface area contributed by atoms with Crippen molar-refractivity contribution in [3.05, 3.63) is 41.5 Å². The monoisotopic (exact) mass is 392 g/mol. The molecule has 1 aromatic carbocycles. The van der Waals surface area contributed by atoms with E-state index in [2.05, 4.69) is 41.5 Å². The molecule has 0 aromatic heterocycles. The Balaban J connectivity index is 1.37. The van der Waals surface area contributed by atoms with Gasteiger partial charge < -0.3 is 10.2 Å². The highest BCUT2D eigenvalue weighted by Gasteiger charge is 2.53. The lowest BCUT2D eigenvalue weighted by Crippen LogP contribution is -2.59. The number of nitrogens with one attached hydrogen (secondary N) is 1. The van der Waals surface area contributed by atoms with Crippen molar-refractivity contribution in [2.24, 2.45) is 11.8 Å². The van der Waals surface area contributed by atoms with Crippen LogP contribution < -0.4 is 5.32 Å². The van der Waals surface area contributed by atoms with Crippen LogP contribution in [0.1, 0.15) is 75.3 Å². The number of rotatable bonds is 3. The lowest BCUT2D eigenvalue weighted by atomic mass is 9.52. The van der Waals surface area contributed by atoms with Gasteiger partial charge in [-0.1, -0.05) is 44.2 Å². The molecule has 0 radical (unpaired) electrons. The average Bonchev–Trinajstić information content (AvgIpc) is 2.76. The summed E-state index contributed by atoms with van der Waals surface area (Å²) in [4.78, 5) is 15.2.